The lowest BCUT2D eigenvalue weighted by Gasteiger charge is -2.36. The Morgan fingerprint density at radius 1 is 1.54 bits per heavy atom. The van der Waals surface area contributed by atoms with E-state index in [2.05, 4.69) is 16.8 Å². The molecule has 0 radical (unpaired) electrons. The molecule has 13 heavy (non-hydrogen) atoms. The minimum absolute atomic E-state index is 0.278. The van der Waals surface area contributed by atoms with Crippen LogP contribution in [0, 0.1) is 0 Å². The van der Waals surface area contributed by atoms with E-state index in [0.29, 0.717) is 0 Å². The van der Waals surface area contributed by atoms with E-state index in [1.54, 1.807) is 0 Å². The normalized spacial score (nSPS) is 32.8. The molecule has 3 heteroatoms. The van der Waals surface area contributed by atoms with Crippen LogP contribution < -0.4 is 5.32 Å². The molecule has 2 fully saturated rings. The van der Waals surface area contributed by atoms with Gasteiger partial charge in [-0.15, -0.1) is 0 Å². The number of rotatable bonds is 2. The predicted octanol–water partition coefficient (Wildman–Crippen LogP) is 0.932. The maximum atomic E-state index is 5.50. The molecule has 0 bridgehead atoms. The zero-order valence-corrected chi connectivity index (χ0v) is 8.31. The van der Waals surface area contributed by atoms with Crippen molar-refractivity contribution in [2.75, 3.05) is 26.8 Å². The first-order chi connectivity index (χ1) is 6.28. The van der Waals surface area contributed by atoms with Crippen LogP contribution in [0.3, 0.4) is 0 Å². The van der Waals surface area contributed by atoms with Crippen LogP contribution in [0.2, 0.25) is 0 Å². The van der Waals surface area contributed by atoms with Crippen LogP contribution in [0.4, 0.5) is 0 Å². The third-order valence-electron chi connectivity index (χ3n) is 3.29. The summed E-state index contributed by atoms with van der Waals surface area (Å²) < 4.78 is 5.50. The third kappa shape index (κ3) is 1.31. The van der Waals surface area contributed by atoms with Crippen molar-refractivity contribution in [1.29, 1.82) is 0 Å². The van der Waals surface area contributed by atoms with Gasteiger partial charge in [0, 0.05) is 20.2 Å². The van der Waals surface area contributed by atoms with Crippen molar-refractivity contribution in [3.8, 4) is 0 Å². The highest BCUT2D eigenvalue weighted by molar-refractivity contribution is 5.07. The van der Waals surface area contributed by atoms with Crippen LogP contribution in [0.5, 0.6) is 0 Å². The van der Waals surface area contributed by atoms with Crippen LogP contribution in [-0.4, -0.2) is 37.2 Å². The van der Waals surface area contributed by atoms with Gasteiger partial charge in [0.25, 0.3) is 0 Å². The largest absolute Gasteiger partial charge is 0.379 e. The van der Waals surface area contributed by atoms with E-state index >= 15 is 0 Å². The molecule has 2 saturated heterocycles. The average Bonchev–Trinajstić information content (AvgIpc) is 2.76. The van der Waals surface area contributed by atoms with Crippen molar-refractivity contribution in [2.45, 2.75) is 24.8 Å². The molecule has 0 aliphatic carbocycles. The highest BCUT2D eigenvalue weighted by Crippen LogP contribution is 2.37. The van der Waals surface area contributed by atoms with E-state index in [0.717, 1.165) is 32.0 Å². The number of hydrogen-bond donors (Lipinski definition) is 1. The molecule has 1 spiro atoms. The Morgan fingerprint density at radius 3 is 3.00 bits per heavy atom. The molecule has 2 rings (SSSR count). The highest BCUT2D eigenvalue weighted by atomic mass is 16.5. The second-order valence-corrected chi connectivity index (χ2v) is 3.98. The second kappa shape index (κ2) is 3.22. The lowest BCUT2D eigenvalue weighted by atomic mass is 9.95. The molecule has 3 nitrogen and oxygen atoms in total. The summed E-state index contributed by atoms with van der Waals surface area (Å²) in [4.78, 5) is 2.39. The summed E-state index contributed by atoms with van der Waals surface area (Å²) in [5, 5.41) is 3.13. The van der Waals surface area contributed by atoms with Gasteiger partial charge in [0.15, 0.2) is 0 Å². The summed E-state index contributed by atoms with van der Waals surface area (Å²) in [5.74, 6) is 1.04. The molecule has 1 unspecified atom stereocenters. The van der Waals surface area contributed by atoms with Gasteiger partial charge in [-0.2, -0.15) is 0 Å². The molecule has 0 aromatic carbocycles. The smallest absolute Gasteiger partial charge is 0.0941 e. The third-order valence-corrected chi connectivity index (χ3v) is 3.29. The first-order valence-electron chi connectivity index (χ1n) is 5.01. The lowest BCUT2D eigenvalue weighted by molar-refractivity contribution is 0.121. The van der Waals surface area contributed by atoms with Gasteiger partial charge in [-0.1, -0.05) is 6.58 Å². The predicted molar refractivity (Wildman–Crippen MR) is 52.3 cm³/mol. The number of ether oxygens (including phenoxy) is 1. The van der Waals surface area contributed by atoms with Gasteiger partial charge >= 0.3 is 0 Å². The molecule has 0 aromatic heterocycles. The number of nitrogens with zero attached hydrogens (tertiary/aromatic N) is 1. The standard InChI is InChI=1S/C10H18N2O/c1-9(11-2)12-6-3-4-10(12)5-7-13-8-10/h11H,1,3-8H2,2H3. The van der Waals surface area contributed by atoms with Gasteiger partial charge in [-0.3, -0.25) is 0 Å². The van der Waals surface area contributed by atoms with E-state index < -0.39 is 0 Å². The SMILES string of the molecule is C=C(NC)N1CCCC12CCOC2. The molecule has 1 atom stereocenters. The summed E-state index contributed by atoms with van der Waals surface area (Å²) in [6.07, 6.45) is 3.69. The van der Waals surface area contributed by atoms with Gasteiger partial charge in [-0.05, 0) is 19.3 Å². The summed E-state index contributed by atoms with van der Waals surface area (Å²) in [5.41, 5.74) is 0.278. The summed E-state index contributed by atoms with van der Waals surface area (Å²) in [6.45, 7) is 6.95. The Labute approximate surface area is 79.7 Å². The van der Waals surface area contributed by atoms with Crippen LogP contribution in [0.25, 0.3) is 0 Å². The Hall–Kier alpha value is -0.700. The topological polar surface area (TPSA) is 24.5 Å². The molecular formula is C10H18N2O. The highest BCUT2D eigenvalue weighted by Gasteiger charge is 2.44. The van der Waals surface area contributed by atoms with Crippen LogP contribution in [-0.2, 0) is 4.74 Å². The Kier molecular flexibility index (Phi) is 2.20. The van der Waals surface area contributed by atoms with Crippen LogP contribution in [0.1, 0.15) is 19.3 Å². The first kappa shape index (κ1) is 8.88. The number of nitrogens with one attached hydrogen (secondary N) is 1. The second-order valence-electron chi connectivity index (χ2n) is 3.98. The quantitative estimate of drug-likeness (QED) is 0.687. The van der Waals surface area contributed by atoms with E-state index in [-0.39, 0.29) is 5.54 Å². The molecule has 2 aliphatic heterocycles. The van der Waals surface area contributed by atoms with Gasteiger partial charge in [-0.25, -0.2) is 0 Å². The first-order valence-corrected chi connectivity index (χ1v) is 5.01. The molecule has 2 heterocycles. The Bertz CT molecular complexity index is 203. The fourth-order valence-electron chi connectivity index (χ4n) is 2.50. The van der Waals surface area contributed by atoms with Crippen molar-refractivity contribution < 1.29 is 4.74 Å². The Morgan fingerprint density at radius 2 is 2.38 bits per heavy atom. The summed E-state index contributed by atoms with van der Waals surface area (Å²) >= 11 is 0. The minimum Gasteiger partial charge on any atom is -0.379 e. The molecular weight excluding hydrogens is 164 g/mol. The van der Waals surface area contributed by atoms with Crippen LogP contribution >= 0.6 is 0 Å². The summed E-state index contributed by atoms with van der Waals surface area (Å²) in [6, 6.07) is 0. The molecule has 0 amide bonds. The van der Waals surface area contributed by atoms with Crippen molar-refractivity contribution in [3.63, 3.8) is 0 Å². The fraction of sp³-hybridized carbons (Fsp3) is 0.800. The van der Waals surface area contributed by atoms with Crippen molar-refractivity contribution >= 4 is 0 Å². The summed E-state index contributed by atoms with van der Waals surface area (Å²) in [7, 11) is 1.93. The monoisotopic (exact) mass is 182 g/mol. The van der Waals surface area contributed by atoms with E-state index in [1.165, 1.54) is 12.8 Å². The van der Waals surface area contributed by atoms with E-state index in [9.17, 15) is 0 Å². The van der Waals surface area contributed by atoms with E-state index in [4.69, 9.17) is 4.74 Å². The van der Waals surface area contributed by atoms with Crippen molar-refractivity contribution in [2.24, 2.45) is 0 Å². The zero-order chi connectivity index (χ0) is 9.31. The molecule has 2 aliphatic rings. The maximum Gasteiger partial charge on any atom is 0.0941 e. The van der Waals surface area contributed by atoms with Gasteiger partial charge < -0.3 is 15.0 Å². The fourth-order valence-corrected chi connectivity index (χ4v) is 2.50. The van der Waals surface area contributed by atoms with Gasteiger partial charge in [0.05, 0.1) is 18.0 Å². The molecule has 1 N–H and O–H groups in total. The number of hydrogen-bond acceptors (Lipinski definition) is 3. The Balaban J connectivity index is 2.13. The van der Waals surface area contributed by atoms with Crippen molar-refractivity contribution in [1.82, 2.24) is 10.2 Å². The van der Waals surface area contributed by atoms with Crippen molar-refractivity contribution in [3.05, 3.63) is 12.4 Å². The number of likely N-dealkylation sites (tertiary alicyclic amines) is 1. The molecule has 0 aromatic rings. The average molecular weight is 182 g/mol. The van der Waals surface area contributed by atoms with Gasteiger partial charge in [0.2, 0.25) is 0 Å². The van der Waals surface area contributed by atoms with Gasteiger partial charge in [0.1, 0.15) is 0 Å². The molecule has 74 valence electrons. The van der Waals surface area contributed by atoms with Crippen LogP contribution in [0.15, 0.2) is 12.4 Å². The molecule has 0 saturated carbocycles. The maximum absolute atomic E-state index is 5.50. The minimum atomic E-state index is 0.278. The lowest BCUT2D eigenvalue weighted by Crippen LogP contribution is -2.46. The van der Waals surface area contributed by atoms with E-state index in [1.807, 2.05) is 7.05 Å². The zero-order valence-electron chi connectivity index (χ0n) is 8.31.